The molecule has 0 aromatic heterocycles. The molecule has 0 unspecified atom stereocenters. The van der Waals surface area contributed by atoms with E-state index in [-0.39, 0.29) is 17.5 Å². The van der Waals surface area contributed by atoms with Crippen LogP contribution in [0, 0.1) is 16.0 Å². The lowest BCUT2D eigenvalue weighted by Crippen LogP contribution is -2.10. The van der Waals surface area contributed by atoms with E-state index >= 15 is 0 Å². The summed E-state index contributed by atoms with van der Waals surface area (Å²) in [4.78, 5) is 13.5. The fourth-order valence-electron chi connectivity index (χ4n) is 1.52. The van der Waals surface area contributed by atoms with Gasteiger partial charge in [-0.25, -0.2) is 4.99 Å². The van der Waals surface area contributed by atoms with Gasteiger partial charge in [0.2, 0.25) is 0 Å². The molecular formula is C12H13F3N2O3. The number of hydrogen-bond acceptors (Lipinski definition) is 4. The molecule has 0 N–H and O–H groups in total. The van der Waals surface area contributed by atoms with Gasteiger partial charge in [0.05, 0.1) is 17.7 Å². The van der Waals surface area contributed by atoms with Crippen LogP contribution in [0.5, 0.6) is 0 Å². The van der Waals surface area contributed by atoms with Crippen molar-refractivity contribution in [2.45, 2.75) is 20.0 Å². The normalized spacial score (nSPS) is 12.7. The number of nitro benzene ring substituents is 1. The Morgan fingerprint density at radius 1 is 1.40 bits per heavy atom. The summed E-state index contributed by atoms with van der Waals surface area (Å²) in [6.45, 7) is 3.52. The van der Waals surface area contributed by atoms with Crippen LogP contribution in [0.1, 0.15) is 19.4 Å². The number of nitrogens with zero attached hydrogens (tertiary/aromatic N) is 2. The number of benzene rings is 1. The van der Waals surface area contributed by atoms with E-state index in [4.69, 9.17) is 4.74 Å². The van der Waals surface area contributed by atoms with Crippen LogP contribution in [0.25, 0.3) is 0 Å². The number of ether oxygens (including phenoxy) is 1. The SMILES string of the molecule is COC(=Nc1ccc([N+](=O)[O-])c(C(F)(F)F)c1)C(C)C. The second kappa shape index (κ2) is 5.89. The fourth-order valence-corrected chi connectivity index (χ4v) is 1.52. The summed E-state index contributed by atoms with van der Waals surface area (Å²) in [6.07, 6.45) is -4.82. The van der Waals surface area contributed by atoms with Crippen molar-refractivity contribution < 1.29 is 22.8 Å². The van der Waals surface area contributed by atoms with Crippen molar-refractivity contribution in [1.82, 2.24) is 0 Å². The Morgan fingerprint density at radius 3 is 2.40 bits per heavy atom. The van der Waals surface area contributed by atoms with Crippen LogP contribution < -0.4 is 0 Å². The number of alkyl halides is 3. The first-order valence-electron chi connectivity index (χ1n) is 5.65. The molecule has 1 aromatic rings. The van der Waals surface area contributed by atoms with Crippen molar-refractivity contribution in [3.8, 4) is 0 Å². The van der Waals surface area contributed by atoms with Gasteiger partial charge in [-0.1, -0.05) is 13.8 Å². The fraction of sp³-hybridized carbons (Fsp3) is 0.417. The number of halogens is 3. The molecule has 20 heavy (non-hydrogen) atoms. The minimum absolute atomic E-state index is 0.0477. The van der Waals surface area contributed by atoms with E-state index in [1.165, 1.54) is 7.11 Å². The summed E-state index contributed by atoms with van der Waals surface area (Å²) in [5.74, 6) is 0.122. The van der Waals surface area contributed by atoms with Gasteiger partial charge in [-0.2, -0.15) is 13.2 Å². The maximum absolute atomic E-state index is 12.8. The van der Waals surface area contributed by atoms with Gasteiger partial charge in [-0.05, 0) is 12.1 Å². The molecule has 0 saturated carbocycles. The van der Waals surface area contributed by atoms with Gasteiger partial charge in [0.15, 0.2) is 5.90 Å². The summed E-state index contributed by atoms with van der Waals surface area (Å²) in [5.41, 5.74) is -2.38. The Hall–Kier alpha value is -2.12. The molecule has 0 heterocycles. The predicted octanol–water partition coefficient (Wildman–Crippen LogP) is 3.95. The van der Waals surface area contributed by atoms with Gasteiger partial charge in [0.1, 0.15) is 5.56 Å². The van der Waals surface area contributed by atoms with Crippen molar-refractivity contribution in [3.63, 3.8) is 0 Å². The maximum Gasteiger partial charge on any atom is 0.423 e. The molecule has 0 bridgehead atoms. The first kappa shape index (κ1) is 15.9. The average Bonchev–Trinajstić information content (AvgIpc) is 2.34. The Morgan fingerprint density at radius 2 is 2.00 bits per heavy atom. The predicted molar refractivity (Wildman–Crippen MR) is 67.0 cm³/mol. The van der Waals surface area contributed by atoms with Crippen LogP contribution in [-0.4, -0.2) is 17.9 Å². The van der Waals surface area contributed by atoms with Crippen molar-refractivity contribution >= 4 is 17.3 Å². The maximum atomic E-state index is 12.8. The zero-order chi connectivity index (χ0) is 15.5. The largest absolute Gasteiger partial charge is 0.484 e. The van der Waals surface area contributed by atoms with Crippen LogP contribution >= 0.6 is 0 Å². The number of hydrogen-bond donors (Lipinski definition) is 0. The lowest BCUT2D eigenvalue weighted by Gasteiger charge is -2.10. The van der Waals surface area contributed by atoms with Gasteiger partial charge >= 0.3 is 6.18 Å². The highest BCUT2D eigenvalue weighted by atomic mass is 19.4. The molecule has 110 valence electrons. The van der Waals surface area contributed by atoms with Crippen molar-refractivity contribution in [1.29, 1.82) is 0 Å². The van der Waals surface area contributed by atoms with E-state index in [2.05, 4.69) is 4.99 Å². The molecule has 8 heteroatoms. The molecule has 0 aliphatic heterocycles. The van der Waals surface area contributed by atoms with Crippen LogP contribution in [0.3, 0.4) is 0 Å². The highest BCUT2D eigenvalue weighted by molar-refractivity contribution is 5.81. The Labute approximate surface area is 113 Å². The summed E-state index contributed by atoms with van der Waals surface area (Å²) in [5, 5.41) is 10.6. The van der Waals surface area contributed by atoms with Gasteiger partial charge in [0, 0.05) is 12.0 Å². The highest BCUT2D eigenvalue weighted by Gasteiger charge is 2.38. The van der Waals surface area contributed by atoms with Gasteiger partial charge < -0.3 is 4.74 Å². The van der Waals surface area contributed by atoms with E-state index in [0.29, 0.717) is 6.07 Å². The molecular weight excluding hydrogens is 277 g/mol. The van der Waals surface area contributed by atoms with Gasteiger partial charge in [-0.15, -0.1) is 0 Å². The van der Waals surface area contributed by atoms with Crippen molar-refractivity contribution in [3.05, 3.63) is 33.9 Å². The van der Waals surface area contributed by atoms with Crippen LogP contribution in [0.2, 0.25) is 0 Å². The topological polar surface area (TPSA) is 64.7 Å². The number of nitro groups is 1. The van der Waals surface area contributed by atoms with Crippen LogP contribution in [0.15, 0.2) is 23.2 Å². The third kappa shape index (κ3) is 3.69. The summed E-state index contributed by atoms with van der Waals surface area (Å²) in [6, 6.07) is 2.57. The number of aliphatic imine (C=N–C) groups is 1. The third-order valence-corrected chi connectivity index (χ3v) is 2.42. The van der Waals surface area contributed by atoms with E-state index in [1.54, 1.807) is 13.8 Å². The molecule has 0 amide bonds. The zero-order valence-electron chi connectivity index (χ0n) is 11.1. The summed E-state index contributed by atoms with van der Waals surface area (Å²) >= 11 is 0. The Bertz CT molecular complexity index is 539. The zero-order valence-corrected chi connectivity index (χ0v) is 11.1. The van der Waals surface area contributed by atoms with E-state index in [1.807, 2.05) is 0 Å². The quantitative estimate of drug-likeness (QED) is 0.366. The second-order valence-corrected chi connectivity index (χ2v) is 4.27. The Kier molecular flexibility index (Phi) is 4.69. The summed E-state index contributed by atoms with van der Waals surface area (Å²) < 4.78 is 43.3. The van der Waals surface area contributed by atoms with Gasteiger partial charge in [-0.3, -0.25) is 10.1 Å². The second-order valence-electron chi connectivity index (χ2n) is 4.27. The average molecular weight is 290 g/mol. The van der Waals surface area contributed by atoms with Gasteiger partial charge in [0.25, 0.3) is 5.69 Å². The molecule has 0 saturated heterocycles. The minimum atomic E-state index is -4.82. The molecule has 1 aromatic carbocycles. The van der Waals surface area contributed by atoms with Crippen molar-refractivity contribution in [2.75, 3.05) is 7.11 Å². The van der Waals surface area contributed by atoms with E-state index in [0.717, 1.165) is 12.1 Å². The summed E-state index contributed by atoms with van der Waals surface area (Å²) in [7, 11) is 1.36. The van der Waals surface area contributed by atoms with E-state index in [9.17, 15) is 23.3 Å². The molecule has 0 fully saturated rings. The van der Waals surface area contributed by atoms with Crippen LogP contribution in [-0.2, 0) is 10.9 Å². The molecule has 0 aliphatic carbocycles. The minimum Gasteiger partial charge on any atom is -0.484 e. The molecule has 0 spiro atoms. The highest BCUT2D eigenvalue weighted by Crippen LogP contribution is 2.38. The third-order valence-electron chi connectivity index (χ3n) is 2.42. The first-order chi connectivity index (χ1) is 9.16. The monoisotopic (exact) mass is 290 g/mol. The molecule has 0 atom stereocenters. The molecule has 0 aliphatic rings. The number of rotatable bonds is 3. The van der Waals surface area contributed by atoms with E-state index < -0.39 is 22.4 Å². The number of methoxy groups -OCH3 is 1. The smallest absolute Gasteiger partial charge is 0.423 e. The molecule has 1 rings (SSSR count). The Balaban J connectivity index is 3.37. The van der Waals surface area contributed by atoms with Crippen molar-refractivity contribution in [2.24, 2.45) is 10.9 Å². The molecule has 5 nitrogen and oxygen atoms in total. The standard InChI is InChI=1S/C12H13F3N2O3/c1-7(2)11(20-3)16-8-4-5-10(17(18)19)9(6-8)12(13,14)15/h4-7H,1-3H3. The lowest BCUT2D eigenvalue weighted by atomic mass is 10.1. The van der Waals surface area contributed by atoms with Crippen LogP contribution in [0.4, 0.5) is 24.5 Å². The lowest BCUT2D eigenvalue weighted by molar-refractivity contribution is -0.388. The first-order valence-corrected chi connectivity index (χ1v) is 5.65. The molecule has 0 radical (unpaired) electrons.